The van der Waals surface area contributed by atoms with Crippen molar-refractivity contribution >= 4 is 17.4 Å². The molecule has 5 aromatic rings. The number of imidazole rings is 1. The number of hydrogen-bond donors (Lipinski definition) is 0. The number of furan rings is 1. The fourth-order valence-electron chi connectivity index (χ4n) is 3.53. The number of fused-ring (bicyclic) bond motifs is 1. The SMILES string of the molecule is Cc1ccccc1-c1nnc(SCc2cn3c(C)cccc3n2)n1Cc1ccco1. The Bertz CT molecular complexity index is 1300. The van der Waals surface area contributed by atoms with E-state index < -0.39 is 0 Å². The summed E-state index contributed by atoms with van der Waals surface area (Å²) in [6, 6.07) is 18.2. The molecule has 0 aliphatic rings. The van der Waals surface area contributed by atoms with E-state index in [0.29, 0.717) is 12.3 Å². The quantitative estimate of drug-likeness (QED) is 0.359. The van der Waals surface area contributed by atoms with Crippen molar-refractivity contribution in [2.75, 3.05) is 0 Å². The van der Waals surface area contributed by atoms with Crippen LogP contribution in [-0.4, -0.2) is 24.1 Å². The second-order valence-electron chi connectivity index (χ2n) is 7.20. The van der Waals surface area contributed by atoms with Gasteiger partial charge in [0.05, 0.1) is 18.5 Å². The maximum atomic E-state index is 5.60. The molecule has 4 aromatic heterocycles. The van der Waals surface area contributed by atoms with Gasteiger partial charge in [0.15, 0.2) is 11.0 Å². The molecule has 0 saturated carbocycles. The highest BCUT2D eigenvalue weighted by molar-refractivity contribution is 7.98. The molecule has 0 fully saturated rings. The van der Waals surface area contributed by atoms with Crippen LogP contribution in [0.3, 0.4) is 0 Å². The molecule has 0 aliphatic carbocycles. The van der Waals surface area contributed by atoms with E-state index in [2.05, 4.69) is 57.4 Å². The third-order valence-electron chi connectivity index (χ3n) is 5.09. The number of rotatable bonds is 6. The molecule has 0 radical (unpaired) electrons. The summed E-state index contributed by atoms with van der Waals surface area (Å²) in [6.45, 7) is 4.75. The van der Waals surface area contributed by atoms with Gasteiger partial charge in [0.2, 0.25) is 0 Å². The highest BCUT2D eigenvalue weighted by Crippen LogP contribution is 2.29. The maximum Gasteiger partial charge on any atom is 0.192 e. The van der Waals surface area contributed by atoms with Crippen molar-refractivity contribution < 1.29 is 4.42 Å². The monoisotopic (exact) mass is 415 g/mol. The average molecular weight is 416 g/mol. The molecule has 5 rings (SSSR count). The lowest BCUT2D eigenvalue weighted by atomic mass is 10.1. The van der Waals surface area contributed by atoms with Gasteiger partial charge in [0.25, 0.3) is 0 Å². The van der Waals surface area contributed by atoms with E-state index in [0.717, 1.165) is 39.2 Å². The molecular formula is C23H21N5OS. The van der Waals surface area contributed by atoms with Crippen LogP contribution >= 0.6 is 11.8 Å². The molecule has 0 N–H and O–H groups in total. The van der Waals surface area contributed by atoms with Crippen LogP contribution < -0.4 is 0 Å². The molecule has 0 aliphatic heterocycles. The zero-order chi connectivity index (χ0) is 20.5. The third-order valence-corrected chi connectivity index (χ3v) is 6.09. The summed E-state index contributed by atoms with van der Waals surface area (Å²) in [5, 5.41) is 9.87. The Hall–Kier alpha value is -3.32. The summed E-state index contributed by atoms with van der Waals surface area (Å²) in [7, 11) is 0. The molecular weight excluding hydrogens is 394 g/mol. The summed E-state index contributed by atoms with van der Waals surface area (Å²) in [5.74, 6) is 2.43. The van der Waals surface area contributed by atoms with E-state index in [1.165, 1.54) is 5.69 Å². The smallest absolute Gasteiger partial charge is 0.192 e. The molecule has 0 saturated heterocycles. The number of nitrogens with zero attached hydrogens (tertiary/aromatic N) is 5. The standard InChI is InChI=1S/C23H21N5OS/c1-16-7-3-4-10-20(16)22-25-26-23(28(22)14-19-9-6-12-29-19)30-15-18-13-27-17(2)8-5-11-21(27)24-18/h3-13H,14-15H2,1-2H3. The van der Waals surface area contributed by atoms with Crippen LogP contribution in [0.5, 0.6) is 0 Å². The van der Waals surface area contributed by atoms with Gasteiger partial charge in [-0.15, -0.1) is 10.2 Å². The molecule has 0 bridgehead atoms. The summed E-state index contributed by atoms with van der Waals surface area (Å²) in [6.07, 6.45) is 3.78. The van der Waals surface area contributed by atoms with E-state index >= 15 is 0 Å². The predicted octanol–water partition coefficient (Wildman–Crippen LogP) is 5.14. The zero-order valence-electron chi connectivity index (χ0n) is 16.8. The highest BCUT2D eigenvalue weighted by Gasteiger charge is 2.17. The Morgan fingerprint density at radius 3 is 2.67 bits per heavy atom. The Kier molecular flexibility index (Phi) is 4.88. The second-order valence-corrected chi connectivity index (χ2v) is 8.15. The molecule has 6 nitrogen and oxygen atoms in total. The molecule has 4 heterocycles. The molecule has 1 aromatic carbocycles. The number of aryl methyl sites for hydroxylation is 2. The first-order chi connectivity index (χ1) is 14.7. The van der Waals surface area contributed by atoms with Gasteiger partial charge < -0.3 is 8.82 Å². The second kappa shape index (κ2) is 7.84. The average Bonchev–Trinajstić information content (AvgIpc) is 3.48. The van der Waals surface area contributed by atoms with Gasteiger partial charge in [-0.2, -0.15) is 0 Å². The minimum absolute atomic E-state index is 0.580. The molecule has 30 heavy (non-hydrogen) atoms. The number of benzene rings is 1. The largest absolute Gasteiger partial charge is 0.467 e. The van der Waals surface area contributed by atoms with Gasteiger partial charge in [-0.25, -0.2) is 4.98 Å². The van der Waals surface area contributed by atoms with Crippen LogP contribution in [0.15, 0.2) is 76.6 Å². The van der Waals surface area contributed by atoms with Gasteiger partial charge in [-0.05, 0) is 43.7 Å². The van der Waals surface area contributed by atoms with Crippen molar-refractivity contribution in [3.63, 3.8) is 0 Å². The number of pyridine rings is 1. The summed E-state index contributed by atoms with van der Waals surface area (Å²) in [5.41, 5.74) is 5.38. The first-order valence-corrected chi connectivity index (χ1v) is 10.8. The van der Waals surface area contributed by atoms with Crippen molar-refractivity contribution in [1.29, 1.82) is 0 Å². The summed E-state index contributed by atoms with van der Waals surface area (Å²) >= 11 is 1.64. The lowest BCUT2D eigenvalue weighted by Gasteiger charge is -2.10. The number of aromatic nitrogens is 5. The van der Waals surface area contributed by atoms with Crippen molar-refractivity contribution in [3.05, 3.63) is 89.8 Å². The third kappa shape index (κ3) is 3.52. The van der Waals surface area contributed by atoms with Crippen LogP contribution in [0.2, 0.25) is 0 Å². The van der Waals surface area contributed by atoms with Crippen molar-refractivity contribution in [2.45, 2.75) is 31.3 Å². The van der Waals surface area contributed by atoms with Crippen LogP contribution in [-0.2, 0) is 12.3 Å². The molecule has 0 spiro atoms. The Morgan fingerprint density at radius 2 is 1.87 bits per heavy atom. The van der Waals surface area contributed by atoms with E-state index in [1.807, 2.05) is 36.4 Å². The van der Waals surface area contributed by atoms with Crippen LogP contribution in [0, 0.1) is 13.8 Å². The topological polar surface area (TPSA) is 61.1 Å². The van der Waals surface area contributed by atoms with Gasteiger partial charge in [0, 0.05) is 23.2 Å². The Morgan fingerprint density at radius 1 is 0.967 bits per heavy atom. The summed E-state index contributed by atoms with van der Waals surface area (Å²) < 4.78 is 9.83. The van der Waals surface area contributed by atoms with Gasteiger partial charge in [0.1, 0.15) is 11.4 Å². The lowest BCUT2D eigenvalue weighted by molar-refractivity contribution is 0.485. The zero-order valence-corrected chi connectivity index (χ0v) is 17.6. The summed E-state index contributed by atoms with van der Waals surface area (Å²) in [4.78, 5) is 4.74. The van der Waals surface area contributed by atoms with Crippen LogP contribution in [0.1, 0.15) is 22.7 Å². The van der Waals surface area contributed by atoms with Crippen LogP contribution in [0.25, 0.3) is 17.0 Å². The van der Waals surface area contributed by atoms with Crippen molar-refractivity contribution in [3.8, 4) is 11.4 Å². The van der Waals surface area contributed by atoms with Gasteiger partial charge in [-0.3, -0.25) is 4.57 Å². The first kappa shape index (κ1) is 18.7. The molecule has 0 atom stereocenters. The molecule has 7 heteroatoms. The Labute approximate surface area is 178 Å². The normalized spacial score (nSPS) is 11.4. The van der Waals surface area contributed by atoms with Crippen molar-refractivity contribution in [1.82, 2.24) is 24.1 Å². The first-order valence-electron chi connectivity index (χ1n) is 9.77. The molecule has 0 amide bonds. The van der Waals surface area contributed by atoms with E-state index in [-0.39, 0.29) is 0 Å². The van der Waals surface area contributed by atoms with Crippen molar-refractivity contribution in [2.24, 2.45) is 0 Å². The van der Waals surface area contributed by atoms with E-state index in [9.17, 15) is 0 Å². The lowest BCUT2D eigenvalue weighted by Crippen LogP contribution is -2.04. The predicted molar refractivity (Wildman–Crippen MR) is 117 cm³/mol. The fourth-order valence-corrected chi connectivity index (χ4v) is 4.35. The Balaban J connectivity index is 1.48. The van der Waals surface area contributed by atoms with Gasteiger partial charge >= 0.3 is 0 Å². The van der Waals surface area contributed by atoms with E-state index in [4.69, 9.17) is 9.40 Å². The number of thioether (sulfide) groups is 1. The molecule has 0 unspecified atom stereocenters. The minimum Gasteiger partial charge on any atom is -0.467 e. The van der Waals surface area contributed by atoms with Crippen LogP contribution in [0.4, 0.5) is 0 Å². The molecule has 150 valence electrons. The maximum absolute atomic E-state index is 5.60. The van der Waals surface area contributed by atoms with E-state index in [1.54, 1.807) is 18.0 Å². The number of hydrogen-bond acceptors (Lipinski definition) is 5. The fraction of sp³-hybridized carbons (Fsp3) is 0.174. The highest BCUT2D eigenvalue weighted by atomic mass is 32.2. The minimum atomic E-state index is 0.580. The van der Waals surface area contributed by atoms with Gasteiger partial charge in [-0.1, -0.05) is 42.1 Å².